The minimum absolute atomic E-state index is 0.0131. The Morgan fingerprint density at radius 3 is 2.62 bits per heavy atom. The van der Waals surface area contributed by atoms with Crippen LogP contribution in [-0.2, 0) is 16.0 Å². The molecule has 1 fully saturated rings. The number of likely N-dealkylation sites (tertiary alicyclic amines) is 1. The van der Waals surface area contributed by atoms with E-state index in [1.165, 1.54) is 16.2 Å². The summed E-state index contributed by atoms with van der Waals surface area (Å²) in [4.78, 5) is 38.5. The molecule has 0 saturated carbocycles. The van der Waals surface area contributed by atoms with E-state index in [9.17, 15) is 14.4 Å². The number of hydrogen-bond donors (Lipinski definition) is 3. The zero-order valence-electron chi connectivity index (χ0n) is 22.7. The van der Waals surface area contributed by atoms with Crippen LogP contribution in [0.25, 0.3) is 0 Å². The molecule has 3 rings (SSSR count). The van der Waals surface area contributed by atoms with Crippen molar-refractivity contribution in [3.05, 3.63) is 52.2 Å². The number of unbranched alkanes of at least 4 members (excludes halogenated alkanes) is 1. The van der Waals surface area contributed by atoms with Crippen molar-refractivity contribution in [1.82, 2.24) is 15.5 Å². The molecule has 2 aromatic rings. The van der Waals surface area contributed by atoms with Gasteiger partial charge in [0, 0.05) is 55.8 Å². The number of alkyl carbamates (subject to hydrolysis) is 1. The van der Waals surface area contributed by atoms with E-state index >= 15 is 0 Å². The van der Waals surface area contributed by atoms with Crippen molar-refractivity contribution in [3.8, 4) is 17.6 Å². The highest BCUT2D eigenvalue weighted by molar-refractivity contribution is 7.09. The summed E-state index contributed by atoms with van der Waals surface area (Å²) in [7, 11) is 0. The monoisotopic (exact) mass is 555 g/mol. The molecule has 1 aromatic carbocycles. The van der Waals surface area contributed by atoms with Crippen molar-refractivity contribution in [2.45, 2.75) is 70.6 Å². The lowest BCUT2D eigenvalue weighted by Crippen LogP contribution is -2.49. The third kappa shape index (κ3) is 10.9. The van der Waals surface area contributed by atoms with Gasteiger partial charge in [0.1, 0.15) is 23.5 Å². The molecule has 3 N–H and O–H groups in total. The minimum atomic E-state index is -0.888. The van der Waals surface area contributed by atoms with Crippen molar-refractivity contribution in [2.24, 2.45) is 0 Å². The second-order valence-electron chi connectivity index (χ2n) is 10.3. The maximum Gasteiger partial charge on any atom is 0.408 e. The highest BCUT2D eigenvalue weighted by Gasteiger charge is 2.25. The maximum atomic E-state index is 12.8. The van der Waals surface area contributed by atoms with Crippen LogP contribution in [0.15, 0.2) is 41.8 Å². The number of benzene rings is 1. The van der Waals surface area contributed by atoms with Gasteiger partial charge >= 0.3 is 12.2 Å². The number of ether oxygens (including phenoxy) is 2. The van der Waals surface area contributed by atoms with Crippen LogP contribution in [0.1, 0.15) is 56.9 Å². The van der Waals surface area contributed by atoms with Crippen molar-refractivity contribution in [1.29, 1.82) is 0 Å². The molecule has 0 spiro atoms. The first-order valence-electron chi connectivity index (χ1n) is 13.1. The fourth-order valence-electron chi connectivity index (χ4n) is 3.97. The largest absolute Gasteiger partial charge is 0.490 e. The number of hydrogen-bond acceptors (Lipinski definition) is 6. The molecular weight excluding hydrogens is 518 g/mol. The van der Waals surface area contributed by atoms with E-state index in [-0.39, 0.29) is 12.0 Å². The van der Waals surface area contributed by atoms with E-state index < -0.39 is 23.8 Å². The molecule has 1 aromatic heterocycles. The van der Waals surface area contributed by atoms with Crippen LogP contribution in [0.4, 0.5) is 9.59 Å². The fraction of sp³-hybridized carbons (Fsp3) is 0.483. The molecule has 0 radical (unpaired) electrons. The van der Waals surface area contributed by atoms with Gasteiger partial charge in [0.25, 0.3) is 0 Å². The summed E-state index contributed by atoms with van der Waals surface area (Å²) in [6, 6.07) is 10.7. The fourth-order valence-corrected chi connectivity index (χ4v) is 4.72. The van der Waals surface area contributed by atoms with E-state index in [0.717, 1.165) is 16.2 Å². The lowest BCUT2D eigenvalue weighted by molar-refractivity contribution is -0.123. The molecule has 0 aliphatic carbocycles. The lowest BCUT2D eigenvalue weighted by Gasteiger charge is -2.30. The predicted octanol–water partition coefficient (Wildman–Crippen LogP) is 4.65. The van der Waals surface area contributed by atoms with Crippen molar-refractivity contribution >= 4 is 29.4 Å². The van der Waals surface area contributed by atoms with Crippen LogP contribution in [-0.4, -0.2) is 65.5 Å². The standard InChI is InChI=1S/C29H37N3O6S/c1-29(2,3)38-27(34)31-25(20-24-12-8-18-39-24)26(33)30-15-6-4-5-9-21-10-7-11-23(19-21)37-22-13-16-32(17-14-22)28(35)36/h7-8,10-12,18-19,22,25H,4,6,13-17,20H2,1-3H3,(H,30,33)(H,31,34)(H,35,36). The normalized spacial score (nSPS) is 14.5. The zero-order valence-corrected chi connectivity index (χ0v) is 23.5. The molecule has 10 heteroatoms. The average molecular weight is 556 g/mol. The Morgan fingerprint density at radius 2 is 1.95 bits per heavy atom. The lowest BCUT2D eigenvalue weighted by atomic mass is 10.1. The van der Waals surface area contributed by atoms with Gasteiger partial charge in [0.15, 0.2) is 0 Å². The van der Waals surface area contributed by atoms with Crippen LogP contribution in [0.3, 0.4) is 0 Å². The van der Waals surface area contributed by atoms with Gasteiger partial charge in [0.05, 0.1) is 0 Å². The Hall–Kier alpha value is -3.71. The molecule has 9 nitrogen and oxygen atoms in total. The van der Waals surface area contributed by atoms with Gasteiger partial charge in [-0.15, -0.1) is 11.3 Å². The van der Waals surface area contributed by atoms with Crippen LogP contribution < -0.4 is 15.4 Å². The van der Waals surface area contributed by atoms with Crippen LogP contribution >= 0.6 is 11.3 Å². The summed E-state index contributed by atoms with van der Waals surface area (Å²) in [5.41, 5.74) is 0.176. The maximum absolute atomic E-state index is 12.8. The zero-order chi connectivity index (χ0) is 28.3. The summed E-state index contributed by atoms with van der Waals surface area (Å²) in [5.74, 6) is 6.72. The van der Waals surface area contributed by atoms with Crippen molar-refractivity contribution in [3.63, 3.8) is 0 Å². The van der Waals surface area contributed by atoms with E-state index in [1.807, 2.05) is 41.8 Å². The molecule has 1 saturated heterocycles. The first-order chi connectivity index (χ1) is 18.6. The number of thiophene rings is 1. The summed E-state index contributed by atoms with van der Waals surface area (Å²) in [6.45, 7) is 6.71. The Morgan fingerprint density at radius 1 is 1.18 bits per heavy atom. The Labute approximate surface area is 233 Å². The summed E-state index contributed by atoms with van der Waals surface area (Å²) >= 11 is 1.53. The van der Waals surface area contributed by atoms with Gasteiger partial charge in [-0.1, -0.05) is 24.0 Å². The first-order valence-corrected chi connectivity index (χ1v) is 14.0. The van der Waals surface area contributed by atoms with Crippen molar-refractivity contribution in [2.75, 3.05) is 19.6 Å². The number of amides is 3. The Bertz CT molecular complexity index is 1160. The summed E-state index contributed by atoms with van der Waals surface area (Å²) in [6.07, 6.45) is 1.44. The molecule has 1 atom stereocenters. The molecule has 1 unspecified atom stereocenters. The van der Waals surface area contributed by atoms with Crippen LogP contribution in [0, 0.1) is 11.8 Å². The number of carbonyl (C=O) groups excluding carboxylic acids is 2. The van der Waals surface area contributed by atoms with Gasteiger partial charge in [-0.2, -0.15) is 0 Å². The number of piperidine rings is 1. The van der Waals surface area contributed by atoms with Gasteiger partial charge in [0.2, 0.25) is 5.91 Å². The topological polar surface area (TPSA) is 117 Å². The quantitative estimate of drug-likeness (QED) is 0.306. The smallest absolute Gasteiger partial charge is 0.408 e. The molecule has 39 heavy (non-hydrogen) atoms. The van der Waals surface area contributed by atoms with E-state index in [0.29, 0.717) is 51.7 Å². The second-order valence-corrected chi connectivity index (χ2v) is 11.3. The van der Waals surface area contributed by atoms with Crippen LogP contribution in [0.2, 0.25) is 0 Å². The Kier molecular flexibility index (Phi) is 11.1. The summed E-state index contributed by atoms with van der Waals surface area (Å²) < 4.78 is 11.4. The van der Waals surface area contributed by atoms with Crippen LogP contribution in [0.5, 0.6) is 5.75 Å². The van der Waals surface area contributed by atoms with E-state index in [4.69, 9.17) is 14.6 Å². The number of carbonyl (C=O) groups is 3. The van der Waals surface area contributed by atoms with Gasteiger partial charge in [-0.3, -0.25) is 4.79 Å². The molecule has 1 aliphatic heterocycles. The van der Waals surface area contributed by atoms with Gasteiger partial charge in [-0.25, -0.2) is 9.59 Å². The minimum Gasteiger partial charge on any atom is -0.490 e. The van der Waals surface area contributed by atoms with E-state index in [1.54, 1.807) is 20.8 Å². The highest BCUT2D eigenvalue weighted by atomic mass is 32.1. The summed E-state index contributed by atoms with van der Waals surface area (Å²) in [5, 5.41) is 16.6. The predicted molar refractivity (Wildman–Crippen MR) is 150 cm³/mol. The van der Waals surface area contributed by atoms with Gasteiger partial charge in [-0.05, 0) is 56.8 Å². The molecule has 1 aliphatic rings. The third-order valence-corrected chi connectivity index (χ3v) is 6.75. The van der Waals surface area contributed by atoms with E-state index in [2.05, 4.69) is 22.5 Å². The Balaban J connectivity index is 1.43. The molecule has 210 valence electrons. The number of rotatable bonds is 9. The second kappa shape index (κ2) is 14.4. The number of nitrogens with one attached hydrogen (secondary N) is 2. The first kappa shape index (κ1) is 29.8. The van der Waals surface area contributed by atoms with Gasteiger partial charge < -0.3 is 30.1 Å². The highest BCUT2D eigenvalue weighted by Crippen LogP contribution is 2.20. The number of nitrogens with zero attached hydrogens (tertiary/aromatic N) is 1. The molecule has 3 amide bonds. The molecule has 2 heterocycles. The average Bonchev–Trinajstić information content (AvgIpc) is 3.38. The van der Waals surface area contributed by atoms with Crippen molar-refractivity contribution < 1.29 is 29.0 Å². The molecular formula is C29H37N3O6S. The number of carboxylic acid groups (broad SMARTS) is 1. The molecule has 0 bridgehead atoms. The SMILES string of the molecule is CC(C)(C)OC(=O)NC(Cc1cccs1)C(=O)NCCCC#Cc1cccc(OC2CCN(C(=O)O)CC2)c1. The third-order valence-electron chi connectivity index (χ3n) is 5.85.